The largest absolute Gasteiger partial charge is 0.457 e. The van der Waals surface area contributed by atoms with E-state index < -0.39 is 17.3 Å². The second-order valence-electron chi connectivity index (χ2n) is 6.43. The first-order chi connectivity index (χ1) is 13.6. The number of ether oxygens (including phenoxy) is 1. The number of rotatable bonds is 5. The molecule has 0 atom stereocenters. The number of hydrogen-bond acceptors (Lipinski definition) is 5. The van der Waals surface area contributed by atoms with Gasteiger partial charge < -0.3 is 4.74 Å². The molecule has 0 aromatic heterocycles. The number of aldehydes is 1. The van der Waals surface area contributed by atoms with Gasteiger partial charge in [0, 0.05) is 34.2 Å². The summed E-state index contributed by atoms with van der Waals surface area (Å²) in [4.78, 5) is 47.3. The maximum Gasteiger partial charge on any atom is 0.233 e. The van der Waals surface area contributed by atoms with E-state index in [0.717, 1.165) is 11.1 Å². The summed E-state index contributed by atoms with van der Waals surface area (Å²) >= 11 is 0. The van der Waals surface area contributed by atoms with Crippen molar-refractivity contribution in [1.29, 1.82) is 0 Å². The number of fused-ring (bicyclic) bond motifs is 2. The summed E-state index contributed by atoms with van der Waals surface area (Å²) in [6.07, 6.45) is 0.691. The number of hydrogen-bond donors (Lipinski definition) is 0. The number of ketones is 3. The molecular weight excluding hydrogens is 356 g/mol. The molecule has 3 aromatic carbocycles. The lowest BCUT2D eigenvalue weighted by Gasteiger charge is -2.21. The number of carbonyl (C=O) groups excluding carboxylic acids is 4. The molecule has 5 heteroatoms. The van der Waals surface area contributed by atoms with Crippen LogP contribution < -0.4 is 4.74 Å². The minimum atomic E-state index is -0.606. The van der Waals surface area contributed by atoms with Crippen molar-refractivity contribution in [2.75, 3.05) is 0 Å². The Labute approximate surface area is 160 Å². The minimum Gasteiger partial charge on any atom is -0.457 e. The fourth-order valence-corrected chi connectivity index (χ4v) is 3.17. The van der Waals surface area contributed by atoms with E-state index in [1.54, 1.807) is 60.7 Å². The van der Waals surface area contributed by atoms with Crippen LogP contribution in [-0.2, 0) is 11.2 Å². The molecule has 1 aliphatic rings. The van der Waals surface area contributed by atoms with Crippen molar-refractivity contribution in [3.8, 4) is 11.5 Å². The first-order valence-electron chi connectivity index (χ1n) is 8.64. The van der Waals surface area contributed by atoms with E-state index >= 15 is 0 Å². The van der Waals surface area contributed by atoms with Crippen LogP contribution in [0.4, 0.5) is 0 Å². The Bertz CT molecular complexity index is 1130. The summed E-state index contributed by atoms with van der Waals surface area (Å²) in [5.41, 5.74) is 2.37. The summed E-state index contributed by atoms with van der Waals surface area (Å²) in [5.74, 6) is -0.590. The van der Waals surface area contributed by atoms with Crippen molar-refractivity contribution in [3.63, 3.8) is 0 Å². The zero-order chi connectivity index (χ0) is 19.7. The van der Waals surface area contributed by atoms with Gasteiger partial charge in [-0.2, -0.15) is 0 Å². The van der Waals surface area contributed by atoms with Gasteiger partial charge in [-0.15, -0.1) is 0 Å². The maximum atomic E-state index is 12.6. The van der Waals surface area contributed by atoms with Gasteiger partial charge in [0.05, 0.1) is 0 Å². The Morgan fingerprint density at radius 3 is 1.93 bits per heavy atom. The minimum absolute atomic E-state index is 0.269. The first-order valence-corrected chi connectivity index (χ1v) is 8.64. The van der Waals surface area contributed by atoms with Crippen LogP contribution in [-0.4, -0.2) is 23.6 Å². The van der Waals surface area contributed by atoms with Crippen LogP contribution in [0.2, 0.25) is 0 Å². The standard InChI is InChI=1S/C23H14O5/c24-13-19(25)15-6-8-20-17(10-15)12-18-11-16(7-9-21(18)28-20)23(27)22(26)14-4-2-1-3-5-14/h1-11,13H,12H2. The maximum absolute atomic E-state index is 12.6. The topological polar surface area (TPSA) is 77.5 Å². The third-order valence-corrected chi connectivity index (χ3v) is 4.62. The average Bonchev–Trinajstić information content (AvgIpc) is 2.75. The average molecular weight is 370 g/mol. The lowest BCUT2D eigenvalue weighted by Crippen LogP contribution is -2.15. The van der Waals surface area contributed by atoms with Crippen LogP contribution in [0, 0.1) is 0 Å². The second-order valence-corrected chi connectivity index (χ2v) is 6.43. The predicted molar refractivity (Wildman–Crippen MR) is 101 cm³/mol. The Balaban J connectivity index is 1.64. The van der Waals surface area contributed by atoms with Crippen molar-refractivity contribution < 1.29 is 23.9 Å². The van der Waals surface area contributed by atoms with Crippen LogP contribution in [0.3, 0.4) is 0 Å². The highest BCUT2D eigenvalue weighted by atomic mass is 16.5. The summed E-state index contributed by atoms with van der Waals surface area (Å²) in [6.45, 7) is 0. The fourth-order valence-electron chi connectivity index (χ4n) is 3.17. The predicted octanol–water partition coefficient (Wildman–Crippen LogP) is 3.83. The molecule has 0 spiro atoms. The molecule has 0 fully saturated rings. The summed E-state index contributed by atoms with van der Waals surface area (Å²) < 4.78 is 5.83. The van der Waals surface area contributed by atoms with E-state index in [1.807, 2.05) is 0 Å². The molecule has 5 nitrogen and oxygen atoms in total. The third kappa shape index (κ3) is 3.14. The van der Waals surface area contributed by atoms with E-state index in [2.05, 4.69) is 0 Å². The van der Waals surface area contributed by atoms with Gasteiger partial charge in [-0.25, -0.2) is 0 Å². The third-order valence-electron chi connectivity index (χ3n) is 4.62. The quantitative estimate of drug-likeness (QED) is 0.303. The smallest absolute Gasteiger partial charge is 0.233 e. The number of carbonyl (C=O) groups is 4. The molecule has 0 radical (unpaired) electrons. The van der Waals surface area contributed by atoms with Crippen molar-refractivity contribution in [1.82, 2.24) is 0 Å². The van der Waals surface area contributed by atoms with Crippen molar-refractivity contribution in [2.45, 2.75) is 6.42 Å². The summed E-state index contributed by atoms with van der Waals surface area (Å²) in [7, 11) is 0. The Hall–Kier alpha value is -3.86. The molecule has 0 amide bonds. The van der Waals surface area contributed by atoms with Gasteiger partial charge in [-0.05, 0) is 36.4 Å². The Morgan fingerprint density at radius 2 is 1.29 bits per heavy atom. The van der Waals surface area contributed by atoms with E-state index in [4.69, 9.17) is 4.74 Å². The van der Waals surface area contributed by atoms with Crippen LogP contribution in [0.15, 0.2) is 66.7 Å². The van der Waals surface area contributed by atoms with Gasteiger partial charge in [-0.1, -0.05) is 30.3 Å². The zero-order valence-corrected chi connectivity index (χ0v) is 14.7. The van der Waals surface area contributed by atoms with Crippen LogP contribution in [0.5, 0.6) is 11.5 Å². The molecule has 3 aromatic rings. The van der Waals surface area contributed by atoms with E-state index in [-0.39, 0.29) is 17.4 Å². The van der Waals surface area contributed by atoms with Gasteiger partial charge in [0.15, 0.2) is 6.29 Å². The van der Waals surface area contributed by atoms with Gasteiger partial charge >= 0.3 is 0 Å². The molecule has 0 saturated carbocycles. The van der Waals surface area contributed by atoms with Crippen molar-refractivity contribution in [3.05, 3.63) is 94.5 Å². The molecule has 28 heavy (non-hydrogen) atoms. The van der Waals surface area contributed by atoms with Gasteiger partial charge in [-0.3, -0.25) is 19.2 Å². The molecule has 0 N–H and O–H groups in total. The highest BCUT2D eigenvalue weighted by Gasteiger charge is 2.23. The summed E-state index contributed by atoms with van der Waals surface area (Å²) in [6, 6.07) is 18.0. The number of benzene rings is 3. The SMILES string of the molecule is O=CC(=O)c1ccc2c(c1)Cc1cc(C(=O)C(=O)c3ccccc3)ccc1O2. The molecule has 4 rings (SSSR count). The molecule has 0 bridgehead atoms. The van der Waals surface area contributed by atoms with Gasteiger partial charge in [0.1, 0.15) is 11.5 Å². The van der Waals surface area contributed by atoms with Crippen molar-refractivity contribution >= 4 is 23.6 Å². The molecule has 1 aliphatic heterocycles. The molecular formula is C23H14O5. The Morgan fingerprint density at radius 1 is 0.714 bits per heavy atom. The molecule has 1 heterocycles. The van der Waals surface area contributed by atoms with E-state index in [9.17, 15) is 19.2 Å². The molecule has 0 aliphatic carbocycles. The van der Waals surface area contributed by atoms with Crippen molar-refractivity contribution in [2.24, 2.45) is 0 Å². The van der Waals surface area contributed by atoms with Crippen LogP contribution in [0.1, 0.15) is 42.2 Å². The van der Waals surface area contributed by atoms with Crippen LogP contribution in [0.25, 0.3) is 0 Å². The van der Waals surface area contributed by atoms with E-state index in [1.165, 1.54) is 6.07 Å². The second kappa shape index (κ2) is 7.04. The first kappa shape index (κ1) is 17.5. The Kier molecular flexibility index (Phi) is 4.41. The molecule has 136 valence electrons. The van der Waals surface area contributed by atoms with Crippen LogP contribution >= 0.6 is 0 Å². The summed E-state index contributed by atoms with van der Waals surface area (Å²) in [5, 5.41) is 0. The monoisotopic (exact) mass is 370 g/mol. The molecule has 0 unspecified atom stereocenters. The highest BCUT2D eigenvalue weighted by molar-refractivity contribution is 6.49. The number of Topliss-reactive ketones (excluding diaryl/α,β-unsaturated/α-hetero) is 3. The molecule has 0 saturated heterocycles. The lowest BCUT2D eigenvalue weighted by molar-refractivity contribution is -0.104. The van der Waals surface area contributed by atoms with E-state index in [0.29, 0.717) is 23.5 Å². The fraction of sp³-hybridized carbons (Fsp3) is 0.0435. The highest BCUT2D eigenvalue weighted by Crippen LogP contribution is 2.37. The lowest BCUT2D eigenvalue weighted by atomic mass is 9.94. The van der Waals surface area contributed by atoms with Gasteiger partial charge in [0.2, 0.25) is 17.3 Å². The zero-order valence-electron chi connectivity index (χ0n) is 14.7. The normalized spacial score (nSPS) is 11.6. The van der Waals surface area contributed by atoms with Gasteiger partial charge in [0.25, 0.3) is 0 Å².